The molecule has 0 fully saturated rings. The van der Waals surface area contributed by atoms with E-state index in [0.29, 0.717) is 11.1 Å². The van der Waals surface area contributed by atoms with Gasteiger partial charge in [-0.1, -0.05) is 22.0 Å². The molecule has 0 unspecified atom stereocenters. The van der Waals surface area contributed by atoms with Crippen LogP contribution in [-0.4, -0.2) is 22.0 Å². The van der Waals surface area contributed by atoms with Crippen LogP contribution in [0.25, 0.3) is 0 Å². The minimum atomic E-state index is -0.753. The van der Waals surface area contributed by atoms with Crippen molar-refractivity contribution < 1.29 is 19.4 Å². The fourth-order valence-electron chi connectivity index (χ4n) is 2.46. The van der Waals surface area contributed by atoms with Gasteiger partial charge in [0.15, 0.2) is 0 Å². The molecule has 0 aromatic heterocycles. The summed E-state index contributed by atoms with van der Waals surface area (Å²) < 4.78 is 6.26. The highest BCUT2D eigenvalue weighted by Crippen LogP contribution is 2.34. The van der Waals surface area contributed by atoms with Gasteiger partial charge >= 0.3 is 5.69 Å². The summed E-state index contributed by atoms with van der Waals surface area (Å²) in [6.07, 6.45) is 1.42. The number of nitrogens with zero attached hydrogens (tertiary/aromatic N) is 3. The lowest BCUT2D eigenvalue weighted by molar-refractivity contribution is -0.394. The summed E-state index contributed by atoms with van der Waals surface area (Å²) in [4.78, 5) is 32.6. The fourth-order valence-corrected chi connectivity index (χ4v) is 2.86. The van der Waals surface area contributed by atoms with Crippen LogP contribution >= 0.6 is 15.9 Å². The molecule has 0 aliphatic heterocycles. The summed E-state index contributed by atoms with van der Waals surface area (Å²) >= 11 is 3.29. The minimum absolute atomic E-state index is 0.127. The third-order valence-corrected chi connectivity index (χ3v) is 4.42. The fraction of sp³-hybridized carbons (Fsp3) is 0. The molecule has 0 spiro atoms. The molecule has 0 aliphatic rings. The van der Waals surface area contributed by atoms with Gasteiger partial charge in [-0.2, -0.15) is 5.10 Å². The number of rotatable bonds is 7. The van der Waals surface area contributed by atoms with Gasteiger partial charge in [0, 0.05) is 16.1 Å². The monoisotopic (exact) mass is 484 g/mol. The van der Waals surface area contributed by atoms with Crippen LogP contribution < -0.4 is 10.2 Å². The van der Waals surface area contributed by atoms with Crippen molar-refractivity contribution in [2.75, 3.05) is 0 Å². The molecule has 3 aromatic rings. The first-order valence-corrected chi connectivity index (χ1v) is 9.42. The number of carbonyl (C=O) groups is 1. The maximum atomic E-state index is 12.0. The predicted molar refractivity (Wildman–Crippen MR) is 115 cm³/mol. The predicted octanol–water partition coefficient (Wildman–Crippen LogP) is 4.82. The Morgan fingerprint density at radius 3 is 2.39 bits per heavy atom. The van der Waals surface area contributed by atoms with Gasteiger partial charge in [-0.15, -0.1) is 0 Å². The number of hydrogen-bond donors (Lipinski definition) is 1. The number of halogens is 1. The van der Waals surface area contributed by atoms with E-state index in [1.807, 2.05) is 0 Å². The number of benzene rings is 3. The molecule has 0 heterocycles. The number of amides is 1. The molecular formula is C20H13BrN4O6. The van der Waals surface area contributed by atoms with Crippen molar-refractivity contribution in [1.82, 2.24) is 5.43 Å². The summed E-state index contributed by atoms with van der Waals surface area (Å²) in [5, 5.41) is 25.9. The molecule has 156 valence electrons. The molecule has 3 aromatic carbocycles. The third kappa shape index (κ3) is 5.70. The summed E-state index contributed by atoms with van der Waals surface area (Å²) in [7, 11) is 0. The standard InChI is InChI=1S/C20H13BrN4O6/c21-15-3-1-2-14(10-15)20(26)23-22-12-13-4-7-17(8-5-13)31-19-9-6-16(24(27)28)11-18(19)25(29)30/h1-12H,(H,23,26)/b22-12-. The van der Waals surface area contributed by atoms with Gasteiger partial charge in [0.1, 0.15) is 5.75 Å². The highest BCUT2D eigenvalue weighted by molar-refractivity contribution is 9.10. The van der Waals surface area contributed by atoms with Crippen LogP contribution in [0.15, 0.2) is 76.3 Å². The van der Waals surface area contributed by atoms with E-state index in [2.05, 4.69) is 26.5 Å². The average molecular weight is 485 g/mol. The molecule has 10 nitrogen and oxygen atoms in total. The molecule has 31 heavy (non-hydrogen) atoms. The molecule has 0 atom stereocenters. The van der Waals surface area contributed by atoms with Crippen molar-refractivity contribution in [2.24, 2.45) is 5.10 Å². The van der Waals surface area contributed by atoms with Crippen LogP contribution in [0.3, 0.4) is 0 Å². The molecular weight excluding hydrogens is 472 g/mol. The summed E-state index contributed by atoms with van der Waals surface area (Å²) in [5.41, 5.74) is 2.57. The van der Waals surface area contributed by atoms with Crippen LogP contribution in [0.4, 0.5) is 11.4 Å². The molecule has 1 amide bonds. The van der Waals surface area contributed by atoms with Gasteiger partial charge < -0.3 is 4.74 Å². The molecule has 0 bridgehead atoms. The van der Waals surface area contributed by atoms with E-state index < -0.39 is 21.2 Å². The van der Waals surface area contributed by atoms with Crippen LogP contribution in [-0.2, 0) is 0 Å². The molecule has 3 rings (SSSR count). The first-order chi connectivity index (χ1) is 14.8. The zero-order valence-corrected chi connectivity index (χ0v) is 17.2. The van der Waals surface area contributed by atoms with Crippen LogP contribution in [0.2, 0.25) is 0 Å². The Morgan fingerprint density at radius 1 is 1.00 bits per heavy atom. The van der Waals surface area contributed by atoms with Gasteiger partial charge in [-0.05, 0) is 54.1 Å². The molecule has 0 radical (unpaired) electrons. The van der Waals surface area contributed by atoms with Crippen molar-refractivity contribution >= 4 is 39.4 Å². The summed E-state index contributed by atoms with van der Waals surface area (Å²) in [6.45, 7) is 0. The quantitative estimate of drug-likeness (QED) is 0.289. The second-order valence-corrected chi connectivity index (χ2v) is 6.96. The molecule has 11 heteroatoms. The normalized spacial score (nSPS) is 10.6. The number of nitro groups is 2. The van der Waals surface area contributed by atoms with E-state index in [-0.39, 0.29) is 17.4 Å². The maximum absolute atomic E-state index is 12.0. The largest absolute Gasteiger partial charge is 0.450 e. The summed E-state index contributed by atoms with van der Waals surface area (Å²) in [5.74, 6) is -0.214. The number of hydrogen-bond acceptors (Lipinski definition) is 7. The Morgan fingerprint density at radius 2 is 1.74 bits per heavy atom. The topological polar surface area (TPSA) is 137 Å². The van der Waals surface area contributed by atoms with Gasteiger partial charge in [0.2, 0.25) is 5.75 Å². The molecule has 0 aliphatic carbocycles. The Bertz CT molecular complexity index is 1180. The summed E-state index contributed by atoms with van der Waals surface area (Å²) in [6, 6.07) is 16.3. The van der Waals surface area contributed by atoms with Crippen molar-refractivity contribution in [2.45, 2.75) is 0 Å². The lowest BCUT2D eigenvalue weighted by Crippen LogP contribution is -2.17. The zero-order valence-electron chi connectivity index (χ0n) is 15.6. The van der Waals surface area contributed by atoms with Crippen molar-refractivity contribution in [3.05, 3.63) is 103 Å². The Balaban J connectivity index is 1.67. The molecule has 0 saturated carbocycles. The van der Waals surface area contributed by atoms with E-state index in [9.17, 15) is 25.0 Å². The van der Waals surface area contributed by atoms with E-state index in [1.165, 1.54) is 12.3 Å². The second-order valence-electron chi connectivity index (χ2n) is 6.05. The van der Waals surface area contributed by atoms with Crippen molar-refractivity contribution in [1.29, 1.82) is 0 Å². The first-order valence-electron chi connectivity index (χ1n) is 8.63. The van der Waals surface area contributed by atoms with Gasteiger partial charge in [0.25, 0.3) is 11.6 Å². The number of hydrazone groups is 1. The third-order valence-electron chi connectivity index (χ3n) is 3.92. The SMILES string of the molecule is O=C(N/N=C\c1ccc(Oc2ccc([N+](=O)[O-])cc2[N+](=O)[O-])cc1)c1cccc(Br)c1. The van der Waals surface area contributed by atoms with E-state index in [4.69, 9.17) is 4.74 Å². The van der Waals surface area contributed by atoms with Crippen LogP contribution in [0.1, 0.15) is 15.9 Å². The Hall–Kier alpha value is -4.12. The average Bonchev–Trinajstić information content (AvgIpc) is 2.75. The van der Waals surface area contributed by atoms with Gasteiger partial charge in [-0.3, -0.25) is 25.0 Å². The van der Waals surface area contributed by atoms with E-state index in [0.717, 1.165) is 16.6 Å². The van der Waals surface area contributed by atoms with Gasteiger partial charge in [0.05, 0.1) is 22.1 Å². The Kier molecular flexibility index (Phi) is 6.67. The second kappa shape index (κ2) is 9.59. The highest BCUT2D eigenvalue weighted by Gasteiger charge is 2.21. The zero-order chi connectivity index (χ0) is 22.4. The number of carbonyl (C=O) groups excluding carboxylic acids is 1. The Labute approximate surface area is 183 Å². The lowest BCUT2D eigenvalue weighted by Gasteiger charge is -2.06. The van der Waals surface area contributed by atoms with Crippen LogP contribution in [0, 0.1) is 20.2 Å². The number of ether oxygens (including phenoxy) is 1. The highest BCUT2D eigenvalue weighted by atomic mass is 79.9. The van der Waals surface area contributed by atoms with Crippen molar-refractivity contribution in [3.8, 4) is 11.5 Å². The lowest BCUT2D eigenvalue weighted by atomic mass is 10.2. The van der Waals surface area contributed by atoms with E-state index >= 15 is 0 Å². The minimum Gasteiger partial charge on any atom is -0.450 e. The van der Waals surface area contributed by atoms with Crippen LogP contribution in [0.5, 0.6) is 11.5 Å². The number of non-ortho nitro benzene ring substituents is 1. The first kappa shape index (κ1) is 21.6. The van der Waals surface area contributed by atoms with Gasteiger partial charge in [-0.25, -0.2) is 5.43 Å². The maximum Gasteiger partial charge on any atom is 0.318 e. The molecule has 0 saturated heterocycles. The molecule has 1 N–H and O–H groups in total. The number of nitro benzene ring substituents is 2. The number of nitrogens with one attached hydrogen (secondary N) is 1. The smallest absolute Gasteiger partial charge is 0.318 e. The van der Waals surface area contributed by atoms with E-state index in [1.54, 1.807) is 48.5 Å². The van der Waals surface area contributed by atoms with Crippen molar-refractivity contribution in [3.63, 3.8) is 0 Å².